The van der Waals surface area contributed by atoms with Gasteiger partial charge in [0.05, 0.1) is 5.54 Å². The highest BCUT2D eigenvalue weighted by atomic mass is 16.1. The van der Waals surface area contributed by atoms with Crippen LogP contribution in [0.2, 0.25) is 0 Å². The molecule has 20 heavy (non-hydrogen) atoms. The minimum atomic E-state index is -0.181. The number of amides is 1. The zero-order chi connectivity index (χ0) is 14.8. The Morgan fingerprint density at radius 3 is 2.20 bits per heavy atom. The van der Waals surface area contributed by atoms with Gasteiger partial charge in [-0.25, -0.2) is 0 Å². The second-order valence-corrected chi connectivity index (χ2v) is 6.97. The third-order valence-electron chi connectivity index (χ3n) is 4.34. The van der Waals surface area contributed by atoms with Crippen molar-refractivity contribution in [1.82, 2.24) is 5.32 Å². The first-order valence-electron chi connectivity index (χ1n) is 7.49. The van der Waals surface area contributed by atoms with Gasteiger partial charge in [-0.05, 0) is 36.0 Å². The van der Waals surface area contributed by atoms with Crippen molar-refractivity contribution in [3.8, 4) is 0 Å². The lowest BCUT2D eigenvalue weighted by Crippen LogP contribution is -2.51. The zero-order valence-corrected chi connectivity index (χ0v) is 12.8. The van der Waals surface area contributed by atoms with Crippen LogP contribution in [-0.2, 0) is 5.41 Å². The third-order valence-corrected chi connectivity index (χ3v) is 4.34. The van der Waals surface area contributed by atoms with E-state index in [1.807, 2.05) is 24.3 Å². The summed E-state index contributed by atoms with van der Waals surface area (Å²) in [4.78, 5) is 12.4. The Balaban J connectivity index is 2.10. The highest BCUT2D eigenvalue weighted by molar-refractivity contribution is 5.94. The van der Waals surface area contributed by atoms with Gasteiger partial charge in [-0.15, -0.1) is 0 Å². The fourth-order valence-electron chi connectivity index (χ4n) is 2.87. The quantitative estimate of drug-likeness (QED) is 0.890. The number of hydrogen-bond donors (Lipinski definition) is 2. The molecule has 0 heterocycles. The van der Waals surface area contributed by atoms with E-state index in [1.54, 1.807) is 0 Å². The monoisotopic (exact) mass is 274 g/mol. The van der Waals surface area contributed by atoms with Crippen molar-refractivity contribution in [2.75, 3.05) is 6.54 Å². The van der Waals surface area contributed by atoms with E-state index in [0.717, 1.165) is 31.2 Å². The lowest BCUT2D eigenvalue weighted by molar-refractivity contribution is 0.0903. The summed E-state index contributed by atoms with van der Waals surface area (Å²) in [6, 6.07) is 7.90. The van der Waals surface area contributed by atoms with Crippen LogP contribution in [0.5, 0.6) is 0 Å². The molecule has 1 aliphatic rings. The van der Waals surface area contributed by atoms with E-state index in [9.17, 15) is 4.79 Å². The summed E-state index contributed by atoms with van der Waals surface area (Å²) in [7, 11) is 0. The van der Waals surface area contributed by atoms with Gasteiger partial charge in [0.1, 0.15) is 0 Å². The van der Waals surface area contributed by atoms with E-state index < -0.39 is 0 Å². The van der Waals surface area contributed by atoms with Gasteiger partial charge in [0.2, 0.25) is 0 Å². The molecule has 0 aromatic heterocycles. The molecule has 1 fully saturated rings. The van der Waals surface area contributed by atoms with Crippen LogP contribution in [-0.4, -0.2) is 18.0 Å². The van der Waals surface area contributed by atoms with Crippen molar-refractivity contribution in [1.29, 1.82) is 0 Å². The van der Waals surface area contributed by atoms with Crippen LogP contribution in [0.1, 0.15) is 62.4 Å². The zero-order valence-electron chi connectivity index (χ0n) is 12.8. The summed E-state index contributed by atoms with van der Waals surface area (Å²) in [5.41, 5.74) is 7.75. The fourth-order valence-corrected chi connectivity index (χ4v) is 2.87. The van der Waals surface area contributed by atoms with Gasteiger partial charge in [-0.2, -0.15) is 0 Å². The van der Waals surface area contributed by atoms with Crippen LogP contribution in [0.15, 0.2) is 24.3 Å². The van der Waals surface area contributed by atoms with Crippen molar-refractivity contribution < 1.29 is 4.79 Å². The van der Waals surface area contributed by atoms with Crippen LogP contribution in [0.3, 0.4) is 0 Å². The maximum Gasteiger partial charge on any atom is 0.251 e. The largest absolute Gasteiger partial charge is 0.345 e. The van der Waals surface area contributed by atoms with E-state index >= 15 is 0 Å². The molecular weight excluding hydrogens is 248 g/mol. The predicted octanol–water partition coefficient (Wildman–Crippen LogP) is 2.99. The molecule has 0 unspecified atom stereocenters. The summed E-state index contributed by atoms with van der Waals surface area (Å²) in [5, 5.41) is 3.15. The van der Waals surface area contributed by atoms with Crippen molar-refractivity contribution in [3.63, 3.8) is 0 Å². The van der Waals surface area contributed by atoms with Gasteiger partial charge in [-0.3, -0.25) is 4.79 Å². The molecule has 1 saturated carbocycles. The highest BCUT2D eigenvalue weighted by Gasteiger charge is 2.34. The average Bonchev–Trinajstić information content (AvgIpc) is 2.87. The van der Waals surface area contributed by atoms with E-state index in [0.29, 0.717) is 6.54 Å². The molecule has 3 heteroatoms. The van der Waals surface area contributed by atoms with E-state index in [-0.39, 0.29) is 16.9 Å². The standard InChI is InChI=1S/C17H26N2O/c1-16(2,3)14-8-6-13(7-9-14)15(20)19-17(12-18)10-4-5-11-17/h6-9H,4-5,10-12,18H2,1-3H3,(H,19,20). The first-order valence-corrected chi connectivity index (χ1v) is 7.49. The molecule has 3 nitrogen and oxygen atoms in total. The molecule has 0 atom stereocenters. The number of carbonyl (C=O) groups is 1. The van der Waals surface area contributed by atoms with Crippen molar-refractivity contribution in [2.45, 2.75) is 57.4 Å². The van der Waals surface area contributed by atoms with Crippen LogP contribution < -0.4 is 11.1 Å². The topological polar surface area (TPSA) is 55.1 Å². The van der Waals surface area contributed by atoms with E-state index in [2.05, 4.69) is 26.1 Å². The Morgan fingerprint density at radius 1 is 1.20 bits per heavy atom. The van der Waals surface area contributed by atoms with E-state index in [4.69, 9.17) is 5.73 Å². The molecule has 1 aromatic rings. The lowest BCUT2D eigenvalue weighted by Gasteiger charge is -2.29. The van der Waals surface area contributed by atoms with Crippen LogP contribution in [0.25, 0.3) is 0 Å². The third kappa shape index (κ3) is 3.21. The minimum absolute atomic E-state index is 0.00203. The average molecular weight is 274 g/mol. The Hall–Kier alpha value is -1.35. The molecule has 1 aromatic carbocycles. The summed E-state index contributed by atoms with van der Waals surface area (Å²) in [6.07, 6.45) is 4.30. The number of nitrogens with one attached hydrogen (secondary N) is 1. The molecule has 0 radical (unpaired) electrons. The number of carbonyl (C=O) groups excluding carboxylic acids is 1. The molecule has 2 rings (SSSR count). The predicted molar refractivity (Wildman–Crippen MR) is 82.9 cm³/mol. The van der Waals surface area contributed by atoms with Gasteiger partial charge >= 0.3 is 0 Å². The molecular formula is C17H26N2O. The van der Waals surface area contributed by atoms with Crippen LogP contribution in [0, 0.1) is 0 Å². The van der Waals surface area contributed by atoms with Gasteiger partial charge in [0.25, 0.3) is 5.91 Å². The SMILES string of the molecule is CC(C)(C)c1ccc(C(=O)NC2(CN)CCCC2)cc1. The lowest BCUT2D eigenvalue weighted by atomic mass is 9.86. The summed E-state index contributed by atoms with van der Waals surface area (Å²) >= 11 is 0. The number of benzene rings is 1. The Morgan fingerprint density at radius 2 is 1.75 bits per heavy atom. The number of rotatable bonds is 3. The second kappa shape index (κ2) is 5.57. The molecule has 0 saturated heterocycles. The molecule has 3 N–H and O–H groups in total. The molecule has 0 bridgehead atoms. The maximum absolute atomic E-state index is 12.4. The highest BCUT2D eigenvalue weighted by Crippen LogP contribution is 2.29. The van der Waals surface area contributed by atoms with Crippen molar-refractivity contribution >= 4 is 5.91 Å². The maximum atomic E-state index is 12.4. The first-order chi connectivity index (χ1) is 9.36. The van der Waals surface area contributed by atoms with Gasteiger partial charge in [0.15, 0.2) is 0 Å². The number of nitrogens with two attached hydrogens (primary N) is 1. The molecule has 1 aliphatic carbocycles. The normalized spacial score (nSPS) is 18.0. The summed E-state index contributed by atoms with van der Waals surface area (Å²) in [6.45, 7) is 7.04. The number of hydrogen-bond acceptors (Lipinski definition) is 2. The molecule has 1 amide bonds. The Bertz CT molecular complexity index is 465. The van der Waals surface area contributed by atoms with Gasteiger partial charge < -0.3 is 11.1 Å². The molecule has 0 spiro atoms. The molecule has 0 aliphatic heterocycles. The van der Waals surface area contributed by atoms with Crippen LogP contribution >= 0.6 is 0 Å². The minimum Gasteiger partial charge on any atom is -0.345 e. The summed E-state index contributed by atoms with van der Waals surface area (Å²) in [5.74, 6) is -0.00203. The summed E-state index contributed by atoms with van der Waals surface area (Å²) < 4.78 is 0. The smallest absolute Gasteiger partial charge is 0.251 e. The molecule has 110 valence electrons. The Labute approximate surface area is 121 Å². The first kappa shape index (κ1) is 15.0. The van der Waals surface area contributed by atoms with E-state index in [1.165, 1.54) is 5.56 Å². The Kier molecular flexibility index (Phi) is 4.19. The van der Waals surface area contributed by atoms with Gasteiger partial charge in [-0.1, -0.05) is 45.7 Å². The van der Waals surface area contributed by atoms with Crippen molar-refractivity contribution in [2.24, 2.45) is 5.73 Å². The van der Waals surface area contributed by atoms with Crippen molar-refractivity contribution in [3.05, 3.63) is 35.4 Å². The van der Waals surface area contributed by atoms with Crippen LogP contribution in [0.4, 0.5) is 0 Å². The van der Waals surface area contributed by atoms with Gasteiger partial charge in [0, 0.05) is 12.1 Å². The fraction of sp³-hybridized carbons (Fsp3) is 0.588. The second-order valence-electron chi connectivity index (χ2n) is 6.97.